The third kappa shape index (κ3) is 8.83. The Morgan fingerprint density at radius 3 is 1.25 bits per heavy atom. The van der Waals surface area contributed by atoms with E-state index in [1.54, 1.807) is 0 Å². The first-order valence-electron chi connectivity index (χ1n) is 0.204. The van der Waals surface area contributed by atoms with Gasteiger partial charge in [0.1, 0.15) is 0 Å². The fraction of sp³-hybridized carbons (Fsp3) is 0. The van der Waals surface area contributed by atoms with E-state index in [-0.39, 0.29) is 39.4 Å². The van der Waals surface area contributed by atoms with E-state index in [0.29, 0.717) is 0 Å². The van der Waals surface area contributed by atoms with Gasteiger partial charge in [0.2, 0.25) is 0 Å². The number of rotatable bonds is 0. The molecule has 0 aliphatic carbocycles. The Hall–Kier alpha value is 2.40. The molecule has 0 saturated carbocycles. The molecule has 0 N–H and O–H groups in total. The summed E-state index contributed by atoms with van der Waals surface area (Å²) in [5.41, 5.74) is 0. The first-order chi connectivity index (χ1) is 1.00. The van der Waals surface area contributed by atoms with Gasteiger partial charge in [-0.25, -0.2) is 0 Å². The normalized spacial score (nSPS) is 1.00. The van der Waals surface area contributed by atoms with E-state index in [4.69, 9.17) is 0 Å². The van der Waals surface area contributed by atoms with Crippen molar-refractivity contribution < 1.29 is 39.4 Å². The van der Waals surface area contributed by atoms with Crippen LogP contribution in [0.2, 0.25) is 0 Å². The van der Waals surface area contributed by atoms with Crippen LogP contribution in [0, 0.1) is 0 Å². The Labute approximate surface area is 70.6 Å². The van der Waals surface area contributed by atoms with Gasteiger partial charge in [0.15, 0.2) is 0 Å². The zero-order valence-electron chi connectivity index (χ0n) is 1.51. The van der Waals surface area contributed by atoms with Gasteiger partial charge in [0, 0.05) is 39.4 Å². The van der Waals surface area contributed by atoms with Gasteiger partial charge < -0.3 is 0 Å². The molecule has 0 fully saturated rings. The summed E-state index contributed by atoms with van der Waals surface area (Å²) in [5.74, 6) is 0. The van der Waals surface area contributed by atoms with Crippen molar-refractivity contribution in [2.75, 3.05) is 0 Å². The average Bonchev–Trinajstić information content (AvgIpc) is 1.00. The van der Waals surface area contributed by atoms with E-state index in [0.717, 1.165) is 23.7 Å². The molecule has 4 heteroatoms. The predicted molar refractivity (Wildman–Crippen MR) is 13.3 cm³/mol. The van der Waals surface area contributed by atoms with Crippen molar-refractivity contribution in [3.8, 4) is 0 Å². The maximum atomic E-state index is 4.22. The van der Waals surface area contributed by atoms with E-state index < -0.39 is 0 Å². The van der Waals surface area contributed by atoms with Gasteiger partial charge in [-0.3, -0.25) is 0 Å². The first kappa shape index (κ1) is 16.1. The van der Waals surface area contributed by atoms with Crippen molar-refractivity contribution >= 4 is 32.3 Å². The van der Waals surface area contributed by atoms with E-state index in [1.807, 2.05) is 0 Å². The van der Waals surface area contributed by atoms with Crippen LogP contribution in [0.4, 0.5) is 0 Å². The summed E-state index contributed by atoms with van der Waals surface area (Å²) in [6, 6.07) is 0. The molecule has 0 spiro atoms. The Kier molecular flexibility index (Phi) is 73.2. The monoisotopic (exact) mass is 500 g/mol. The first-order valence-corrected chi connectivity index (χ1v) is 5.37. The molecule has 0 unspecified atom stereocenters. The minimum absolute atomic E-state index is 0. The average molecular weight is 500 g/mol. The number of hydrogen-bond donors (Lipinski definition) is 0. The van der Waals surface area contributed by atoms with Gasteiger partial charge in [-0.15, -0.1) is 0 Å². The quantitative estimate of drug-likeness (QED) is 0.431. The zero-order chi connectivity index (χ0) is 2.00. The summed E-state index contributed by atoms with van der Waals surface area (Å²) in [7, 11) is 4.22. The summed E-state index contributed by atoms with van der Waals surface area (Å²) < 4.78 is 0. The molecule has 0 nitrogen and oxygen atoms in total. The molecule has 0 aromatic heterocycles. The molecule has 0 atom stereocenters. The molecule has 0 heterocycles. The Morgan fingerprint density at radius 1 is 1.25 bits per heavy atom. The van der Waals surface area contributed by atoms with Gasteiger partial charge in [0.25, 0.3) is 0 Å². The van der Waals surface area contributed by atoms with Gasteiger partial charge in [-0.1, -0.05) is 0 Å². The van der Waals surface area contributed by atoms with Crippen LogP contribution in [0.15, 0.2) is 0 Å². The molecule has 0 aromatic carbocycles. The van der Waals surface area contributed by atoms with Crippen molar-refractivity contribution in [3.05, 3.63) is 0 Å². The van der Waals surface area contributed by atoms with Crippen LogP contribution < -0.4 is 0 Å². The zero-order valence-corrected chi connectivity index (χ0v) is 9.32. The minimum atomic E-state index is 0. The summed E-state index contributed by atoms with van der Waals surface area (Å²) in [6.45, 7) is 0. The van der Waals surface area contributed by atoms with Crippen LogP contribution in [0.3, 0.4) is 0 Å². The van der Waals surface area contributed by atoms with Gasteiger partial charge >= 0.3 is 32.3 Å². The predicted octanol–water partition coefficient (Wildman–Crippen LogP) is 0.262. The molecule has 0 aliphatic heterocycles. The van der Waals surface area contributed by atoms with Gasteiger partial charge in [0.05, 0.1) is 0 Å². The standard InChI is InChI=1S/Au.Cu.Pb.S. The van der Waals surface area contributed by atoms with Crippen molar-refractivity contribution in [1.29, 1.82) is 0 Å². The van der Waals surface area contributed by atoms with E-state index in [2.05, 4.69) is 8.65 Å². The molecule has 0 saturated heterocycles. The third-order valence-corrected chi connectivity index (χ3v) is 0. The summed E-state index contributed by atoms with van der Waals surface area (Å²) in [4.78, 5) is 0. The fourth-order valence-corrected chi connectivity index (χ4v) is 0. The molecule has 4 heavy (non-hydrogen) atoms. The van der Waals surface area contributed by atoms with Gasteiger partial charge in [-0.05, 0) is 0 Å². The molecule has 4 radical (unpaired) electrons. The van der Waals surface area contributed by atoms with Crippen molar-refractivity contribution in [3.63, 3.8) is 0 Å². The summed E-state index contributed by atoms with van der Waals surface area (Å²) in [6.07, 6.45) is 0. The molecular formula is AuCuPbS. The molecule has 0 rings (SSSR count). The Bertz CT molecular complexity index is 8.00. The number of hydrogen-bond acceptors (Lipinski definition) is 1. The molecular weight excluding hydrogens is 500 g/mol. The SMILES string of the molecule is [Au].[Cu].[S]=[Pb]. The molecule has 0 bridgehead atoms. The van der Waals surface area contributed by atoms with Crippen molar-refractivity contribution in [1.82, 2.24) is 0 Å². The second-order valence-corrected chi connectivity index (χ2v) is 0. The van der Waals surface area contributed by atoms with Crippen LogP contribution in [0.25, 0.3) is 0 Å². The van der Waals surface area contributed by atoms with Crippen molar-refractivity contribution in [2.24, 2.45) is 0 Å². The van der Waals surface area contributed by atoms with Crippen LogP contribution in [0.5, 0.6) is 0 Å². The van der Waals surface area contributed by atoms with Crippen LogP contribution >= 0.6 is 8.65 Å². The van der Waals surface area contributed by atoms with E-state index in [9.17, 15) is 0 Å². The molecule has 0 aliphatic rings. The van der Waals surface area contributed by atoms with Crippen molar-refractivity contribution in [2.45, 2.75) is 0 Å². The second kappa shape index (κ2) is 18.1. The summed E-state index contributed by atoms with van der Waals surface area (Å²) >= 11 is 0.889. The van der Waals surface area contributed by atoms with Crippen LogP contribution in [0.1, 0.15) is 0 Å². The van der Waals surface area contributed by atoms with E-state index in [1.165, 1.54) is 0 Å². The maximum absolute atomic E-state index is 4.22. The second-order valence-electron chi connectivity index (χ2n) is 0. The summed E-state index contributed by atoms with van der Waals surface area (Å²) in [5, 5.41) is 0. The van der Waals surface area contributed by atoms with Crippen LogP contribution in [-0.4, -0.2) is 23.7 Å². The van der Waals surface area contributed by atoms with Gasteiger partial charge in [-0.2, -0.15) is 0 Å². The molecule has 0 aromatic rings. The topological polar surface area (TPSA) is 0 Å². The molecule has 32 valence electrons. The molecule has 0 amide bonds. The Balaban J connectivity index is -0.00000000500. The Morgan fingerprint density at radius 2 is 1.25 bits per heavy atom. The van der Waals surface area contributed by atoms with E-state index >= 15 is 0 Å². The fourth-order valence-electron chi connectivity index (χ4n) is 0. The van der Waals surface area contributed by atoms with Crippen LogP contribution in [-0.2, 0) is 39.4 Å². The third-order valence-electron chi connectivity index (χ3n) is 0.